The summed E-state index contributed by atoms with van der Waals surface area (Å²) >= 11 is 0. The van der Waals surface area contributed by atoms with Crippen LogP contribution in [0.2, 0.25) is 0 Å². The van der Waals surface area contributed by atoms with Gasteiger partial charge in [0, 0.05) is 13.1 Å². The van der Waals surface area contributed by atoms with Crippen LogP contribution in [0.4, 0.5) is 4.79 Å². The molecule has 1 fully saturated rings. The normalized spacial score (nSPS) is 17.8. The molecule has 1 saturated heterocycles. The maximum atomic E-state index is 12.1. The molecule has 2 amide bonds. The molecule has 1 aromatic carbocycles. The molecule has 5 heteroatoms. The Bertz CT molecular complexity index is 471. The number of ether oxygens (including phenoxy) is 1. The average molecular weight is 262 g/mol. The van der Waals surface area contributed by atoms with Crippen molar-refractivity contribution in [2.45, 2.75) is 26.0 Å². The van der Waals surface area contributed by atoms with Crippen molar-refractivity contribution >= 4 is 12.0 Å². The summed E-state index contributed by atoms with van der Waals surface area (Å²) in [6, 6.07) is 9.47. The van der Waals surface area contributed by atoms with Gasteiger partial charge in [-0.25, -0.2) is 4.79 Å². The highest BCUT2D eigenvalue weighted by Crippen LogP contribution is 2.19. The van der Waals surface area contributed by atoms with Crippen molar-refractivity contribution in [1.82, 2.24) is 10.2 Å². The van der Waals surface area contributed by atoms with Crippen LogP contribution >= 0.6 is 0 Å². The molecule has 0 unspecified atom stereocenters. The number of amides is 2. The highest BCUT2D eigenvalue weighted by atomic mass is 16.6. The van der Waals surface area contributed by atoms with Crippen molar-refractivity contribution in [2.24, 2.45) is 0 Å². The molecule has 0 saturated carbocycles. The van der Waals surface area contributed by atoms with Gasteiger partial charge < -0.3 is 10.1 Å². The van der Waals surface area contributed by atoms with E-state index in [2.05, 4.69) is 5.32 Å². The fraction of sp³-hybridized carbons (Fsp3) is 0.429. The van der Waals surface area contributed by atoms with Crippen LogP contribution in [0.1, 0.15) is 19.4 Å². The average Bonchev–Trinajstić information content (AvgIpc) is 2.40. The highest BCUT2D eigenvalue weighted by molar-refractivity contribution is 5.90. The van der Waals surface area contributed by atoms with Crippen molar-refractivity contribution in [2.75, 3.05) is 13.1 Å². The summed E-state index contributed by atoms with van der Waals surface area (Å²) in [7, 11) is 0. The largest absolute Gasteiger partial charge is 0.445 e. The van der Waals surface area contributed by atoms with Crippen LogP contribution in [-0.4, -0.2) is 35.5 Å². The molecular formula is C14H18N2O3. The predicted molar refractivity (Wildman–Crippen MR) is 70.4 cm³/mol. The van der Waals surface area contributed by atoms with E-state index in [-0.39, 0.29) is 12.5 Å². The van der Waals surface area contributed by atoms with E-state index >= 15 is 0 Å². The van der Waals surface area contributed by atoms with E-state index in [9.17, 15) is 9.59 Å². The van der Waals surface area contributed by atoms with Crippen molar-refractivity contribution in [3.05, 3.63) is 35.9 Å². The summed E-state index contributed by atoms with van der Waals surface area (Å²) in [4.78, 5) is 25.3. The van der Waals surface area contributed by atoms with E-state index in [0.29, 0.717) is 13.1 Å². The molecule has 1 N–H and O–H groups in total. The van der Waals surface area contributed by atoms with Gasteiger partial charge in [0.1, 0.15) is 12.1 Å². The van der Waals surface area contributed by atoms with E-state index in [1.54, 1.807) is 13.8 Å². The molecule has 1 heterocycles. The smallest absolute Gasteiger partial charge is 0.411 e. The molecule has 0 aliphatic carbocycles. The first-order valence-electron chi connectivity index (χ1n) is 6.28. The second kappa shape index (κ2) is 5.30. The maximum absolute atomic E-state index is 12.1. The molecular weight excluding hydrogens is 244 g/mol. The molecule has 0 spiro atoms. The van der Waals surface area contributed by atoms with E-state index in [4.69, 9.17) is 4.74 Å². The molecule has 1 aliphatic rings. The van der Waals surface area contributed by atoms with Gasteiger partial charge in [-0.2, -0.15) is 0 Å². The first-order chi connectivity index (χ1) is 9.01. The monoisotopic (exact) mass is 262 g/mol. The van der Waals surface area contributed by atoms with Crippen LogP contribution in [0.25, 0.3) is 0 Å². The first-order valence-corrected chi connectivity index (χ1v) is 6.28. The standard InChI is InChI=1S/C14H18N2O3/c1-14(2)12(17)15-8-9-16(14)13(18)19-10-11-6-4-3-5-7-11/h3-7H,8-10H2,1-2H3,(H,15,17). The zero-order valence-electron chi connectivity index (χ0n) is 11.2. The van der Waals surface area contributed by atoms with E-state index in [1.807, 2.05) is 30.3 Å². The fourth-order valence-corrected chi connectivity index (χ4v) is 2.02. The summed E-state index contributed by atoms with van der Waals surface area (Å²) in [5.74, 6) is -0.157. The molecule has 1 aromatic rings. The second-order valence-electron chi connectivity index (χ2n) is 5.01. The molecule has 2 rings (SSSR count). The van der Waals surface area contributed by atoms with Gasteiger partial charge in [0.15, 0.2) is 0 Å². The third kappa shape index (κ3) is 2.86. The zero-order chi connectivity index (χ0) is 13.9. The number of piperazine rings is 1. The summed E-state index contributed by atoms with van der Waals surface area (Å²) < 4.78 is 5.26. The minimum absolute atomic E-state index is 0.157. The lowest BCUT2D eigenvalue weighted by molar-refractivity contribution is -0.133. The molecule has 0 aromatic heterocycles. The van der Waals surface area contributed by atoms with Crippen LogP contribution in [0.3, 0.4) is 0 Å². The number of rotatable bonds is 2. The number of carbonyl (C=O) groups excluding carboxylic acids is 2. The Morgan fingerprint density at radius 2 is 2.05 bits per heavy atom. The molecule has 0 atom stereocenters. The lowest BCUT2D eigenvalue weighted by Gasteiger charge is -2.40. The minimum atomic E-state index is -0.869. The summed E-state index contributed by atoms with van der Waals surface area (Å²) in [6.45, 7) is 4.57. The topological polar surface area (TPSA) is 58.6 Å². The van der Waals surface area contributed by atoms with Crippen molar-refractivity contribution in [3.63, 3.8) is 0 Å². The molecule has 102 valence electrons. The Hall–Kier alpha value is -2.04. The number of benzene rings is 1. The van der Waals surface area contributed by atoms with Crippen LogP contribution in [0.5, 0.6) is 0 Å². The van der Waals surface area contributed by atoms with Gasteiger partial charge in [-0.05, 0) is 19.4 Å². The Morgan fingerprint density at radius 1 is 1.37 bits per heavy atom. The number of nitrogens with one attached hydrogen (secondary N) is 1. The Balaban J connectivity index is 1.98. The Labute approximate surface area is 112 Å². The van der Waals surface area contributed by atoms with Crippen LogP contribution in [-0.2, 0) is 16.1 Å². The van der Waals surface area contributed by atoms with Gasteiger partial charge in [-0.15, -0.1) is 0 Å². The van der Waals surface area contributed by atoms with Gasteiger partial charge in [0.05, 0.1) is 0 Å². The SMILES string of the molecule is CC1(C)C(=O)NCCN1C(=O)OCc1ccccc1. The Kier molecular flexibility index (Phi) is 3.74. The maximum Gasteiger partial charge on any atom is 0.411 e. The summed E-state index contributed by atoms with van der Waals surface area (Å²) in [5, 5.41) is 2.74. The molecule has 5 nitrogen and oxygen atoms in total. The quantitative estimate of drug-likeness (QED) is 0.879. The van der Waals surface area contributed by atoms with Gasteiger partial charge in [-0.3, -0.25) is 9.69 Å². The summed E-state index contributed by atoms with van der Waals surface area (Å²) in [6.07, 6.45) is -0.455. The number of hydrogen-bond acceptors (Lipinski definition) is 3. The molecule has 0 bridgehead atoms. The van der Waals surface area contributed by atoms with Crippen molar-refractivity contribution in [1.29, 1.82) is 0 Å². The molecule has 0 radical (unpaired) electrons. The third-order valence-electron chi connectivity index (χ3n) is 3.28. The predicted octanol–water partition coefficient (Wildman–Crippen LogP) is 1.53. The van der Waals surface area contributed by atoms with Gasteiger partial charge in [-0.1, -0.05) is 30.3 Å². The Morgan fingerprint density at radius 3 is 2.74 bits per heavy atom. The number of nitrogens with zero attached hydrogens (tertiary/aromatic N) is 1. The van der Waals surface area contributed by atoms with Gasteiger partial charge >= 0.3 is 6.09 Å². The zero-order valence-corrected chi connectivity index (χ0v) is 11.2. The second-order valence-corrected chi connectivity index (χ2v) is 5.01. The first kappa shape index (κ1) is 13.4. The number of hydrogen-bond donors (Lipinski definition) is 1. The van der Waals surface area contributed by atoms with Gasteiger partial charge in [0.25, 0.3) is 0 Å². The summed E-state index contributed by atoms with van der Waals surface area (Å²) in [5.41, 5.74) is 0.0570. The van der Waals surface area contributed by atoms with Crippen LogP contribution < -0.4 is 5.32 Å². The van der Waals surface area contributed by atoms with E-state index in [0.717, 1.165) is 5.56 Å². The van der Waals surface area contributed by atoms with Crippen molar-refractivity contribution in [3.8, 4) is 0 Å². The van der Waals surface area contributed by atoms with Crippen LogP contribution in [0.15, 0.2) is 30.3 Å². The molecule has 1 aliphatic heterocycles. The third-order valence-corrected chi connectivity index (χ3v) is 3.28. The highest BCUT2D eigenvalue weighted by Gasteiger charge is 2.41. The van der Waals surface area contributed by atoms with Gasteiger partial charge in [0.2, 0.25) is 5.91 Å². The lowest BCUT2D eigenvalue weighted by atomic mass is 10.00. The van der Waals surface area contributed by atoms with Crippen molar-refractivity contribution < 1.29 is 14.3 Å². The molecule has 19 heavy (non-hydrogen) atoms. The number of carbonyl (C=O) groups is 2. The van der Waals surface area contributed by atoms with E-state index in [1.165, 1.54) is 4.90 Å². The fourth-order valence-electron chi connectivity index (χ4n) is 2.02. The van der Waals surface area contributed by atoms with E-state index < -0.39 is 11.6 Å². The minimum Gasteiger partial charge on any atom is -0.445 e. The lowest BCUT2D eigenvalue weighted by Crippen LogP contribution is -2.63. The van der Waals surface area contributed by atoms with Crippen LogP contribution in [0, 0.1) is 0 Å².